The van der Waals surface area contributed by atoms with Crippen molar-refractivity contribution in [2.24, 2.45) is 0 Å². The van der Waals surface area contributed by atoms with E-state index in [1.165, 1.54) is 29.2 Å². The van der Waals surface area contributed by atoms with Crippen LogP contribution in [0.25, 0.3) is 0 Å². The van der Waals surface area contributed by atoms with Crippen LogP contribution < -0.4 is 9.62 Å². The highest BCUT2D eigenvalue weighted by Gasteiger charge is 2.29. The van der Waals surface area contributed by atoms with E-state index in [4.69, 9.17) is 23.2 Å². The third-order valence-corrected chi connectivity index (χ3v) is 7.77. The Labute approximate surface area is 229 Å². The van der Waals surface area contributed by atoms with Crippen LogP contribution >= 0.6 is 23.2 Å². The molecule has 0 aliphatic rings. The number of nitrogens with one attached hydrogen (secondary N) is 1. The van der Waals surface area contributed by atoms with Crippen molar-refractivity contribution >= 4 is 50.7 Å². The van der Waals surface area contributed by atoms with E-state index in [-0.39, 0.29) is 37.7 Å². The Morgan fingerprint density at radius 2 is 1.65 bits per heavy atom. The van der Waals surface area contributed by atoms with E-state index >= 15 is 0 Å². The number of carbonyl (C=O) groups is 2. The SMILES string of the molecule is CCCCNC(=O)[C@H](CC)N(Cc1c(Cl)cccc1Cl)C(=O)CCCN(c1ccc(F)cc1)S(C)(=O)=O. The minimum atomic E-state index is -3.67. The van der Waals surface area contributed by atoms with Crippen molar-refractivity contribution in [3.63, 3.8) is 0 Å². The van der Waals surface area contributed by atoms with Gasteiger partial charge in [-0.1, -0.05) is 49.5 Å². The first-order chi connectivity index (χ1) is 17.5. The zero-order chi connectivity index (χ0) is 27.6. The second-order valence-corrected chi connectivity index (χ2v) is 11.4. The normalized spacial score (nSPS) is 12.2. The number of amides is 2. The molecule has 0 fully saturated rings. The van der Waals surface area contributed by atoms with Crippen LogP contribution in [0, 0.1) is 5.82 Å². The van der Waals surface area contributed by atoms with E-state index in [0.29, 0.717) is 34.3 Å². The van der Waals surface area contributed by atoms with Gasteiger partial charge in [-0.15, -0.1) is 0 Å². The van der Waals surface area contributed by atoms with Crippen molar-refractivity contribution in [2.45, 2.75) is 58.5 Å². The predicted molar refractivity (Wildman–Crippen MR) is 147 cm³/mol. The number of nitrogens with zero attached hydrogens (tertiary/aromatic N) is 2. The van der Waals surface area contributed by atoms with Crippen molar-refractivity contribution in [1.29, 1.82) is 0 Å². The zero-order valence-corrected chi connectivity index (χ0v) is 23.7. The lowest BCUT2D eigenvalue weighted by atomic mass is 10.1. The number of hydrogen-bond acceptors (Lipinski definition) is 4. The fourth-order valence-electron chi connectivity index (χ4n) is 3.89. The molecule has 2 rings (SSSR count). The van der Waals surface area contributed by atoms with Gasteiger partial charge in [-0.2, -0.15) is 0 Å². The largest absolute Gasteiger partial charge is 0.354 e. The molecule has 0 spiro atoms. The van der Waals surface area contributed by atoms with Gasteiger partial charge in [-0.05, 0) is 55.7 Å². The first kappa shape index (κ1) is 30.9. The Bertz CT molecular complexity index is 1140. The molecule has 0 bridgehead atoms. The van der Waals surface area contributed by atoms with E-state index in [1.54, 1.807) is 18.2 Å². The fraction of sp³-hybridized carbons (Fsp3) is 0.462. The Morgan fingerprint density at radius 1 is 1.03 bits per heavy atom. The number of hydrogen-bond donors (Lipinski definition) is 1. The van der Waals surface area contributed by atoms with Gasteiger partial charge < -0.3 is 10.2 Å². The molecule has 1 atom stereocenters. The average Bonchev–Trinajstić information content (AvgIpc) is 2.83. The molecule has 0 heterocycles. The van der Waals surface area contributed by atoms with E-state index in [0.717, 1.165) is 23.4 Å². The Balaban J connectivity index is 2.24. The molecule has 2 amide bonds. The summed E-state index contributed by atoms with van der Waals surface area (Å²) < 4.78 is 39.2. The number of sulfonamides is 1. The number of rotatable bonds is 14. The van der Waals surface area contributed by atoms with Crippen LogP contribution in [0.15, 0.2) is 42.5 Å². The van der Waals surface area contributed by atoms with Gasteiger partial charge in [0.2, 0.25) is 21.8 Å². The summed E-state index contributed by atoms with van der Waals surface area (Å²) in [6.07, 6.45) is 3.32. The molecule has 0 aliphatic carbocycles. The minimum Gasteiger partial charge on any atom is -0.354 e. The van der Waals surface area contributed by atoms with E-state index in [9.17, 15) is 22.4 Å². The lowest BCUT2D eigenvalue weighted by Crippen LogP contribution is -2.49. The highest BCUT2D eigenvalue weighted by atomic mass is 35.5. The monoisotopic (exact) mass is 573 g/mol. The highest BCUT2D eigenvalue weighted by molar-refractivity contribution is 7.92. The molecule has 0 aromatic heterocycles. The smallest absolute Gasteiger partial charge is 0.242 e. The van der Waals surface area contributed by atoms with Gasteiger partial charge >= 0.3 is 0 Å². The molecule has 0 aliphatic heterocycles. The summed E-state index contributed by atoms with van der Waals surface area (Å²) in [6, 6.07) is 9.38. The summed E-state index contributed by atoms with van der Waals surface area (Å²) in [5.74, 6) is -1.08. The van der Waals surface area contributed by atoms with Gasteiger partial charge in [0.15, 0.2) is 0 Å². The molecule has 11 heteroatoms. The Morgan fingerprint density at radius 3 is 2.19 bits per heavy atom. The molecule has 1 N–H and O–H groups in total. The van der Waals surface area contributed by atoms with Crippen LogP contribution in [-0.2, 0) is 26.2 Å². The third kappa shape index (κ3) is 9.16. The minimum absolute atomic E-state index is 0.0103. The number of benzene rings is 2. The Hall–Kier alpha value is -2.36. The summed E-state index contributed by atoms with van der Waals surface area (Å²) >= 11 is 12.7. The molecular formula is C26H34Cl2FN3O4S. The van der Waals surface area contributed by atoms with Gasteiger partial charge in [0.05, 0.1) is 11.9 Å². The number of halogens is 3. The first-order valence-corrected chi connectivity index (χ1v) is 14.8. The highest BCUT2D eigenvalue weighted by Crippen LogP contribution is 2.27. The molecule has 0 radical (unpaired) electrons. The first-order valence-electron chi connectivity index (χ1n) is 12.2. The molecule has 7 nitrogen and oxygen atoms in total. The second-order valence-electron chi connectivity index (χ2n) is 8.71. The van der Waals surface area contributed by atoms with Crippen LogP contribution in [0.5, 0.6) is 0 Å². The van der Waals surface area contributed by atoms with E-state index in [1.807, 2.05) is 13.8 Å². The molecule has 2 aromatic rings. The van der Waals surface area contributed by atoms with Crippen molar-refractivity contribution in [1.82, 2.24) is 10.2 Å². The summed E-state index contributed by atoms with van der Waals surface area (Å²) in [5.41, 5.74) is 0.834. The molecule has 204 valence electrons. The lowest BCUT2D eigenvalue weighted by molar-refractivity contribution is -0.141. The fourth-order valence-corrected chi connectivity index (χ4v) is 5.37. The Kier molecular flexibility index (Phi) is 12.1. The second kappa shape index (κ2) is 14.5. The number of unbranched alkanes of at least 4 members (excludes halogenated alkanes) is 1. The summed E-state index contributed by atoms with van der Waals surface area (Å²) in [7, 11) is -3.67. The zero-order valence-electron chi connectivity index (χ0n) is 21.3. The number of carbonyl (C=O) groups excluding carboxylic acids is 2. The summed E-state index contributed by atoms with van der Waals surface area (Å²) in [6.45, 7) is 4.38. The lowest BCUT2D eigenvalue weighted by Gasteiger charge is -2.31. The maximum absolute atomic E-state index is 13.5. The van der Waals surface area contributed by atoms with Crippen LogP contribution in [0.1, 0.15) is 51.5 Å². The maximum Gasteiger partial charge on any atom is 0.242 e. The molecule has 2 aromatic carbocycles. The average molecular weight is 575 g/mol. The number of anilines is 1. The molecule has 37 heavy (non-hydrogen) atoms. The van der Waals surface area contributed by atoms with Crippen LogP contribution in [0.3, 0.4) is 0 Å². The van der Waals surface area contributed by atoms with Crippen LogP contribution in [-0.4, -0.2) is 50.5 Å². The third-order valence-electron chi connectivity index (χ3n) is 5.87. The standard InChI is InChI=1S/C26H34Cl2FN3O4S/c1-4-6-16-30-26(34)24(5-2)31(18-21-22(27)9-7-10-23(21)28)25(33)11-8-17-32(37(3,35)36)20-14-12-19(29)13-15-20/h7,9-10,12-15,24H,4-6,8,11,16-18H2,1-3H3,(H,30,34)/t24-/m0/s1. The van der Waals surface area contributed by atoms with Crippen molar-refractivity contribution in [2.75, 3.05) is 23.7 Å². The molecule has 0 saturated carbocycles. The van der Waals surface area contributed by atoms with Gasteiger partial charge in [-0.25, -0.2) is 12.8 Å². The van der Waals surface area contributed by atoms with Gasteiger partial charge in [0.25, 0.3) is 0 Å². The van der Waals surface area contributed by atoms with Crippen molar-refractivity contribution in [3.05, 3.63) is 63.9 Å². The van der Waals surface area contributed by atoms with Gasteiger partial charge in [-0.3, -0.25) is 13.9 Å². The quantitative estimate of drug-likeness (QED) is 0.306. The van der Waals surface area contributed by atoms with Gasteiger partial charge in [0.1, 0.15) is 11.9 Å². The maximum atomic E-state index is 13.5. The van der Waals surface area contributed by atoms with Gasteiger partial charge in [0, 0.05) is 41.7 Å². The molecule has 0 saturated heterocycles. The van der Waals surface area contributed by atoms with E-state index in [2.05, 4.69) is 5.32 Å². The predicted octanol–water partition coefficient (Wildman–Crippen LogP) is 5.40. The van der Waals surface area contributed by atoms with Crippen molar-refractivity contribution < 1.29 is 22.4 Å². The van der Waals surface area contributed by atoms with Crippen LogP contribution in [0.4, 0.5) is 10.1 Å². The topological polar surface area (TPSA) is 86.8 Å². The van der Waals surface area contributed by atoms with Crippen molar-refractivity contribution in [3.8, 4) is 0 Å². The molecule has 0 unspecified atom stereocenters. The summed E-state index contributed by atoms with van der Waals surface area (Å²) in [5, 5.41) is 3.65. The molecular weight excluding hydrogens is 540 g/mol. The summed E-state index contributed by atoms with van der Waals surface area (Å²) in [4.78, 5) is 27.9. The van der Waals surface area contributed by atoms with Crippen LogP contribution in [0.2, 0.25) is 10.0 Å². The van der Waals surface area contributed by atoms with E-state index < -0.39 is 21.9 Å².